The molecule has 2 rings (SSSR count). The summed E-state index contributed by atoms with van der Waals surface area (Å²) in [4.78, 5) is 15.0. The van der Waals surface area contributed by atoms with Gasteiger partial charge in [-0.1, -0.05) is 41.5 Å². The fraction of sp³-hybridized carbons (Fsp3) is 0.400. The molecule has 1 aromatic carbocycles. The summed E-state index contributed by atoms with van der Waals surface area (Å²) in [5.74, 6) is -0.671. The molecule has 3 N–H and O–H groups in total. The number of aromatic hydroxyl groups is 1. The van der Waals surface area contributed by atoms with Gasteiger partial charge in [0.15, 0.2) is 5.13 Å². The molecule has 0 aliphatic carbocycles. The van der Waals surface area contributed by atoms with Gasteiger partial charge in [-0.15, -0.1) is 11.3 Å². The molecule has 0 radical (unpaired) electrons. The third-order valence-electron chi connectivity index (χ3n) is 3.90. The van der Waals surface area contributed by atoms with Gasteiger partial charge < -0.3 is 15.5 Å². The lowest BCUT2D eigenvalue weighted by atomic mass is 9.79. The Hall–Kier alpha value is -2.34. The number of carboxylic acid groups (broad SMARTS) is 1. The van der Waals surface area contributed by atoms with Gasteiger partial charge in [-0.25, -0.2) is 9.78 Å². The lowest BCUT2D eigenvalue weighted by Crippen LogP contribution is -2.17. The molecule has 2 aromatic rings. The van der Waals surface area contributed by atoms with E-state index >= 15 is 0 Å². The largest absolute Gasteiger partial charge is 0.507 e. The maximum atomic E-state index is 10.8. The normalized spacial score (nSPS) is 12.5. The van der Waals surface area contributed by atoms with Crippen molar-refractivity contribution in [3.63, 3.8) is 0 Å². The Kier molecular flexibility index (Phi) is 5.47. The molecule has 0 amide bonds. The third kappa shape index (κ3) is 4.85. The van der Waals surface area contributed by atoms with Gasteiger partial charge in [0, 0.05) is 28.3 Å². The highest BCUT2D eigenvalue weighted by Crippen LogP contribution is 2.41. The van der Waals surface area contributed by atoms with Crippen LogP contribution in [0.4, 0.5) is 10.8 Å². The zero-order valence-corrected chi connectivity index (χ0v) is 16.9. The first-order valence-electron chi connectivity index (χ1n) is 8.39. The zero-order valence-electron chi connectivity index (χ0n) is 16.0. The van der Waals surface area contributed by atoms with Crippen LogP contribution in [0.3, 0.4) is 0 Å². The van der Waals surface area contributed by atoms with Crippen molar-refractivity contribution in [1.82, 2.24) is 4.98 Å². The van der Waals surface area contributed by atoms with Gasteiger partial charge in [-0.3, -0.25) is 0 Å². The minimum atomic E-state index is -1.00. The van der Waals surface area contributed by atoms with Crippen LogP contribution in [0.2, 0.25) is 0 Å². The van der Waals surface area contributed by atoms with E-state index in [4.69, 9.17) is 5.11 Å². The predicted octanol–water partition coefficient (Wildman–Crippen LogP) is 5.29. The molecule has 140 valence electrons. The van der Waals surface area contributed by atoms with Crippen molar-refractivity contribution in [2.45, 2.75) is 52.4 Å². The van der Waals surface area contributed by atoms with E-state index in [0.717, 1.165) is 22.9 Å². The second-order valence-corrected chi connectivity index (χ2v) is 9.15. The van der Waals surface area contributed by atoms with Gasteiger partial charge >= 0.3 is 5.97 Å². The standard InChI is InChI=1S/C20H26N2O3S/c1-19(2,3)14-9-13(10-15(17(14)25)20(4,5)6)22-18-21-12(11-26-18)7-8-16(23)24/h7-11,25H,1-6H3,(H,21,22)(H,23,24)/b8-7+. The number of nitrogens with zero attached hydrogens (tertiary/aromatic N) is 1. The summed E-state index contributed by atoms with van der Waals surface area (Å²) in [6.45, 7) is 12.4. The molecule has 0 unspecified atom stereocenters. The summed E-state index contributed by atoms with van der Waals surface area (Å²) >= 11 is 1.40. The highest BCUT2D eigenvalue weighted by atomic mass is 32.1. The molecule has 1 aromatic heterocycles. The summed E-state index contributed by atoms with van der Waals surface area (Å²) in [7, 11) is 0. The topological polar surface area (TPSA) is 82.5 Å². The molecule has 26 heavy (non-hydrogen) atoms. The number of aliphatic carboxylic acids is 1. The number of thiazole rings is 1. The number of anilines is 2. The van der Waals surface area contributed by atoms with Gasteiger partial charge in [0.05, 0.1) is 5.69 Å². The molecule has 0 bridgehead atoms. The Morgan fingerprint density at radius 2 is 1.65 bits per heavy atom. The third-order valence-corrected chi connectivity index (χ3v) is 4.67. The summed E-state index contributed by atoms with van der Waals surface area (Å²) in [6.07, 6.45) is 2.52. The molecule has 0 spiro atoms. The van der Waals surface area contributed by atoms with E-state index in [1.54, 1.807) is 5.38 Å². The number of hydrogen-bond donors (Lipinski definition) is 3. The fourth-order valence-electron chi connectivity index (χ4n) is 2.55. The molecule has 0 saturated carbocycles. The van der Waals surface area contributed by atoms with E-state index in [0.29, 0.717) is 16.6 Å². The number of hydrogen-bond acceptors (Lipinski definition) is 5. The van der Waals surface area contributed by atoms with Crippen molar-refractivity contribution in [3.8, 4) is 5.75 Å². The first-order valence-corrected chi connectivity index (χ1v) is 9.27. The monoisotopic (exact) mass is 374 g/mol. The van der Waals surface area contributed by atoms with Crippen molar-refractivity contribution in [1.29, 1.82) is 0 Å². The number of phenolic OH excluding ortho intramolecular Hbond substituents is 1. The molecule has 6 heteroatoms. The van der Waals surface area contributed by atoms with E-state index in [9.17, 15) is 9.90 Å². The Balaban J connectivity index is 2.42. The first kappa shape index (κ1) is 20.0. The lowest BCUT2D eigenvalue weighted by molar-refractivity contribution is -0.131. The molecular formula is C20H26N2O3S. The van der Waals surface area contributed by atoms with Crippen molar-refractivity contribution in [2.75, 3.05) is 5.32 Å². The average molecular weight is 375 g/mol. The number of carboxylic acids is 1. The second kappa shape index (κ2) is 7.11. The quantitative estimate of drug-likeness (QED) is 0.501. The minimum Gasteiger partial charge on any atom is -0.507 e. The van der Waals surface area contributed by atoms with Crippen LogP contribution in [0.1, 0.15) is 58.4 Å². The van der Waals surface area contributed by atoms with E-state index in [-0.39, 0.29) is 10.8 Å². The number of phenols is 1. The molecule has 0 saturated heterocycles. The van der Waals surface area contributed by atoms with E-state index in [1.165, 1.54) is 17.4 Å². The molecule has 0 atom stereocenters. The number of carbonyl (C=O) groups is 1. The zero-order chi connectivity index (χ0) is 19.7. The van der Waals surface area contributed by atoms with Gasteiger partial charge in [-0.05, 0) is 29.0 Å². The Bertz CT molecular complexity index is 804. The Morgan fingerprint density at radius 3 is 2.12 bits per heavy atom. The maximum absolute atomic E-state index is 10.8. The van der Waals surface area contributed by atoms with Gasteiger partial charge in [-0.2, -0.15) is 0 Å². The van der Waals surface area contributed by atoms with Crippen LogP contribution < -0.4 is 5.32 Å². The van der Waals surface area contributed by atoms with Crippen molar-refractivity contribution in [2.24, 2.45) is 0 Å². The number of benzene rings is 1. The smallest absolute Gasteiger partial charge is 0.328 e. The van der Waals surface area contributed by atoms with E-state index in [2.05, 4.69) is 51.8 Å². The van der Waals surface area contributed by atoms with Gasteiger partial charge in [0.2, 0.25) is 0 Å². The highest BCUT2D eigenvalue weighted by molar-refractivity contribution is 7.13. The minimum absolute atomic E-state index is 0.208. The molecule has 0 aliphatic rings. The highest BCUT2D eigenvalue weighted by Gasteiger charge is 2.26. The van der Waals surface area contributed by atoms with Crippen molar-refractivity contribution in [3.05, 3.63) is 40.4 Å². The van der Waals surface area contributed by atoms with Gasteiger partial charge in [0.1, 0.15) is 5.75 Å². The van der Waals surface area contributed by atoms with Crippen molar-refractivity contribution >= 4 is 34.2 Å². The predicted molar refractivity (Wildman–Crippen MR) is 108 cm³/mol. The lowest BCUT2D eigenvalue weighted by Gasteiger charge is -2.28. The summed E-state index contributed by atoms with van der Waals surface area (Å²) < 4.78 is 0. The fourth-order valence-corrected chi connectivity index (χ4v) is 3.25. The molecule has 1 heterocycles. The number of rotatable bonds is 4. The molecular weight excluding hydrogens is 348 g/mol. The number of nitrogens with one attached hydrogen (secondary N) is 1. The summed E-state index contributed by atoms with van der Waals surface area (Å²) in [5.41, 5.74) is 2.76. The van der Waals surface area contributed by atoms with Gasteiger partial charge in [0.25, 0.3) is 0 Å². The summed E-state index contributed by atoms with van der Waals surface area (Å²) in [6, 6.07) is 3.89. The van der Waals surface area contributed by atoms with E-state index in [1.807, 2.05) is 12.1 Å². The summed E-state index contributed by atoms with van der Waals surface area (Å²) in [5, 5.41) is 25.2. The Labute approximate surface area is 158 Å². The van der Waals surface area contributed by atoms with Crippen LogP contribution in [0.25, 0.3) is 6.08 Å². The van der Waals surface area contributed by atoms with Crippen LogP contribution in [-0.4, -0.2) is 21.2 Å². The molecule has 0 fully saturated rings. The van der Waals surface area contributed by atoms with Crippen LogP contribution in [-0.2, 0) is 15.6 Å². The van der Waals surface area contributed by atoms with Crippen molar-refractivity contribution < 1.29 is 15.0 Å². The van der Waals surface area contributed by atoms with E-state index < -0.39 is 5.97 Å². The Morgan fingerprint density at radius 1 is 1.12 bits per heavy atom. The maximum Gasteiger partial charge on any atom is 0.328 e. The first-order chi connectivity index (χ1) is 11.9. The molecule has 5 nitrogen and oxygen atoms in total. The second-order valence-electron chi connectivity index (χ2n) is 8.29. The average Bonchev–Trinajstić information content (AvgIpc) is 2.92. The molecule has 0 aliphatic heterocycles. The SMILES string of the molecule is CC(C)(C)c1cc(Nc2nc(/C=C/C(=O)O)cs2)cc(C(C)(C)C)c1O. The van der Waals surface area contributed by atoms with Crippen LogP contribution in [0, 0.1) is 0 Å². The van der Waals surface area contributed by atoms with Crippen LogP contribution >= 0.6 is 11.3 Å². The van der Waals surface area contributed by atoms with Crippen LogP contribution in [0.5, 0.6) is 5.75 Å². The van der Waals surface area contributed by atoms with Crippen LogP contribution in [0.15, 0.2) is 23.6 Å². The number of aromatic nitrogens is 1.